The zero-order valence-corrected chi connectivity index (χ0v) is 12.9. The summed E-state index contributed by atoms with van der Waals surface area (Å²) in [4.78, 5) is 4.32. The van der Waals surface area contributed by atoms with E-state index in [1.165, 1.54) is 0 Å². The van der Waals surface area contributed by atoms with Gasteiger partial charge in [0.1, 0.15) is 0 Å². The Hall–Kier alpha value is -1.62. The van der Waals surface area contributed by atoms with Crippen LogP contribution in [0.25, 0.3) is 11.3 Å². The first-order chi connectivity index (χ1) is 9.52. The van der Waals surface area contributed by atoms with E-state index in [0.29, 0.717) is 12.5 Å². The third-order valence-corrected chi connectivity index (χ3v) is 4.23. The summed E-state index contributed by atoms with van der Waals surface area (Å²) in [5.41, 5.74) is 8.06. The highest BCUT2D eigenvalue weighted by Gasteiger charge is 2.30. The molecule has 0 aromatic carbocycles. The molecular formula is C15H25N5. The highest BCUT2D eigenvalue weighted by Crippen LogP contribution is 2.30. The fraction of sp³-hybridized carbons (Fsp3) is 0.600. The smallest absolute Gasteiger partial charge is 0.0956 e. The molecule has 20 heavy (non-hydrogen) atoms. The minimum Gasteiger partial charge on any atom is -0.328 e. The first-order valence-electron chi connectivity index (χ1n) is 7.28. The fourth-order valence-corrected chi connectivity index (χ4v) is 2.38. The molecule has 0 saturated carbocycles. The molecule has 0 aliphatic rings. The minimum atomic E-state index is -0.140. The third-order valence-electron chi connectivity index (χ3n) is 4.23. The number of aromatic nitrogens is 4. The van der Waals surface area contributed by atoms with E-state index in [9.17, 15) is 0 Å². The van der Waals surface area contributed by atoms with Gasteiger partial charge in [-0.2, -0.15) is 5.10 Å². The standard InChI is InChI=1S/C15H25N5/c1-5-6-19-9-13(7-18-19)14-8-17-11-20(14)15(4,10-16)12(2)3/h7-9,11-12H,5-6,10,16H2,1-4H3. The van der Waals surface area contributed by atoms with E-state index < -0.39 is 0 Å². The molecule has 110 valence electrons. The van der Waals surface area contributed by atoms with Crippen molar-refractivity contribution in [1.29, 1.82) is 0 Å². The molecule has 0 amide bonds. The zero-order chi connectivity index (χ0) is 14.8. The lowest BCUT2D eigenvalue weighted by atomic mass is 9.88. The number of nitrogens with two attached hydrogens (primary N) is 1. The second kappa shape index (κ2) is 5.79. The molecule has 0 saturated heterocycles. The quantitative estimate of drug-likeness (QED) is 0.881. The van der Waals surface area contributed by atoms with E-state index >= 15 is 0 Å². The Bertz CT molecular complexity index is 554. The molecule has 1 unspecified atom stereocenters. The molecule has 0 aliphatic carbocycles. The number of imidazole rings is 1. The summed E-state index contributed by atoms with van der Waals surface area (Å²) >= 11 is 0. The first-order valence-corrected chi connectivity index (χ1v) is 7.28. The lowest BCUT2D eigenvalue weighted by Crippen LogP contribution is -2.42. The highest BCUT2D eigenvalue weighted by molar-refractivity contribution is 5.57. The molecule has 5 nitrogen and oxygen atoms in total. The van der Waals surface area contributed by atoms with Crippen molar-refractivity contribution in [3.63, 3.8) is 0 Å². The molecule has 5 heteroatoms. The maximum absolute atomic E-state index is 6.03. The average Bonchev–Trinajstić information content (AvgIpc) is 3.06. The van der Waals surface area contributed by atoms with Crippen LogP contribution in [0.5, 0.6) is 0 Å². The number of aryl methyl sites for hydroxylation is 1. The van der Waals surface area contributed by atoms with Crippen molar-refractivity contribution in [1.82, 2.24) is 19.3 Å². The lowest BCUT2D eigenvalue weighted by molar-refractivity contribution is 0.233. The van der Waals surface area contributed by atoms with Crippen molar-refractivity contribution in [2.24, 2.45) is 11.7 Å². The van der Waals surface area contributed by atoms with Crippen LogP contribution < -0.4 is 5.73 Å². The Kier molecular flexibility index (Phi) is 4.28. The molecule has 0 bridgehead atoms. The monoisotopic (exact) mass is 275 g/mol. The van der Waals surface area contributed by atoms with Crippen LogP contribution in [-0.2, 0) is 12.1 Å². The minimum absolute atomic E-state index is 0.140. The molecular weight excluding hydrogens is 250 g/mol. The highest BCUT2D eigenvalue weighted by atomic mass is 15.3. The van der Waals surface area contributed by atoms with E-state index in [2.05, 4.69) is 48.5 Å². The predicted octanol–water partition coefficient (Wildman–Crippen LogP) is 2.49. The van der Waals surface area contributed by atoms with Gasteiger partial charge in [-0.15, -0.1) is 0 Å². The summed E-state index contributed by atoms with van der Waals surface area (Å²) < 4.78 is 4.16. The van der Waals surface area contributed by atoms with Crippen LogP contribution >= 0.6 is 0 Å². The Morgan fingerprint density at radius 3 is 2.70 bits per heavy atom. The van der Waals surface area contributed by atoms with Gasteiger partial charge in [-0.05, 0) is 19.3 Å². The molecule has 0 aliphatic heterocycles. The second-order valence-corrected chi connectivity index (χ2v) is 5.86. The van der Waals surface area contributed by atoms with Gasteiger partial charge < -0.3 is 10.3 Å². The van der Waals surface area contributed by atoms with Gasteiger partial charge in [0.15, 0.2) is 0 Å². The van der Waals surface area contributed by atoms with Crippen molar-refractivity contribution in [3.05, 3.63) is 24.9 Å². The van der Waals surface area contributed by atoms with Crippen molar-refractivity contribution in [3.8, 4) is 11.3 Å². The maximum atomic E-state index is 6.03. The largest absolute Gasteiger partial charge is 0.328 e. The number of rotatable bonds is 6. The molecule has 2 aromatic rings. The summed E-state index contributed by atoms with van der Waals surface area (Å²) in [6.07, 6.45) is 8.82. The third kappa shape index (κ3) is 2.50. The lowest BCUT2D eigenvalue weighted by Gasteiger charge is -2.35. The van der Waals surface area contributed by atoms with Gasteiger partial charge in [0.2, 0.25) is 0 Å². The summed E-state index contributed by atoms with van der Waals surface area (Å²) in [5, 5.41) is 4.40. The fourth-order valence-electron chi connectivity index (χ4n) is 2.38. The summed E-state index contributed by atoms with van der Waals surface area (Å²) in [6.45, 7) is 10.2. The summed E-state index contributed by atoms with van der Waals surface area (Å²) in [6, 6.07) is 0. The second-order valence-electron chi connectivity index (χ2n) is 5.86. The summed E-state index contributed by atoms with van der Waals surface area (Å²) in [5.74, 6) is 0.422. The molecule has 2 N–H and O–H groups in total. The normalized spacial score (nSPS) is 14.7. The predicted molar refractivity (Wildman–Crippen MR) is 81.3 cm³/mol. The topological polar surface area (TPSA) is 61.7 Å². The SMILES string of the molecule is CCCn1cc(-c2cncn2C(C)(CN)C(C)C)cn1. The number of nitrogens with zero attached hydrogens (tertiary/aromatic N) is 4. The van der Waals surface area contributed by atoms with E-state index in [-0.39, 0.29) is 5.54 Å². The number of hydrogen-bond acceptors (Lipinski definition) is 3. The van der Waals surface area contributed by atoms with Gasteiger partial charge in [0, 0.05) is 24.8 Å². The van der Waals surface area contributed by atoms with Crippen LogP contribution in [0.2, 0.25) is 0 Å². The van der Waals surface area contributed by atoms with Gasteiger partial charge in [0.05, 0.1) is 30.0 Å². The Balaban J connectivity index is 2.41. The zero-order valence-electron chi connectivity index (χ0n) is 12.9. The van der Waals surface area contributed by atoms with E-state index in [4.69, 9.17) is 5.73 Å². The Morgan fingerprint density at radius 1 is 1.35 bits per heavy atom. The molecule has 0 spiro atoms. The molecule has 0 fully saturated rings. The molecule has 2 aromatic heterocycles. The Labute approximate surface area is 120 Å². The van der Waals surface area contributed by atoms with E-state index in [1.54, 1.807) is 0 Å². The van der Waals surface area contributed by atoms with Gasteiger partial charge in [0.25, 0.3) is 0 Å². The molecule has 0 radical (unpaired) electrons. The van der Waals surface area contributed by atoms with Crippen molar-refractivity contribution >= 4 is 0 Å². The van der Waals surface area contributed by atoms with Crippen LogP contribution in [0.4, 0.5) is 0 Å². The average molecular weight is 275 g/mol. The number of hydrogen-bond donors (Lipinski definition) is 1. The van der Waals surface area contributed by atoms with Gasteiger partial charge in [-0.1, -0.05) is 20.8 Å². The first kappa shape index (κ1) is 14.8. The van der Waals surface area contributed by atoms with Gasteiger partial charge >= 0.3 is 0 Å². The van der Waals surface area contributed by atoms with Gasteiger partial charge in [-0.3, -0.25) is 4.68 Å². The maximum Gasteiger partial charge on any atom is 0.0956 e. The molecule has 2 heterocycles. The van der Waals surface area contributed by atoms with Crippen molar-refractivity contribution < 1.29 is 0 Å². The molecule has 1 atom stereocenters. The Morgan fingerprint density at radius 2 is 2.10 bits per heavy atom. The van der Waals surface area contributed by atoms with Crippen LogP contribution in [0, 0.1) is 5.92 Å². The van der Waals surface area contributed by atoms with Crippen molar-refractivity contribution in [2.45, 2.75) is 46.2 Å². The van der Waals surface area contributed by atoms with E-state index in [1.807, 2.05) is 23.4 Å². The summed E-state index contributed by atoms with van der Waals surface area (Å²) in [7, 11) is 0. The van der Waals surface area contributed by atoms with Crippen LogP contribution in [0.1, 0.15) is 34.1 Å². The molecule has 2 rings (SSSR count). The van der Waals surface area contributed by atoms with Crippen LogP contribution in [0.15, 0.2) is 24.9 Å². The van der Waals surface area contributed by atoms with Gasteiger partial charge in [-0.25, -0.2) is 4.98 Å². The van der Waals surface area contributed by atoms with Crippen molar-refractivity contribution in [2.75, 3.05) is 6.54 Å². The van der Waals surface area contributed by atoms with E-state index in [0.717, 1.165) is 24.2 Å². The van der Waals surface area contributed by atoms with Crippen LogP contribution in [-0.4, -0.2) is 25.9 Å². The van der Waals surface area contributed by atoms with Crippen LogP contribution in [0.3, 0.4) is 0 Å².